The average molecular weight is 418 g/mol. The van der Waals surface area contributed by atoms with E-state index in [-0.39, 0.29) is 17.7 Å². The maximum atomic E-state index is 14.9. The Morgan fingerprint density at radius 3 is 2.79 bits per heavy atom. The number of carbonyl (C=O) groups is 1. The second-order valence-corrected chi connectivity index (χ2v) is 9.68. The van der Waals surface area contributed by atoms with E-state index < -0.39 is 15.8 Å². The highest BCUT2D eigenvalue weighted by atomic mass is 32.2. The van der Waals surface area contributed by atoms with Gasteiger partial charge >= 0.3 is 0 Å². The van der Waals surface area contributed by atoms with E-state index in [9.17, 15) is 17.6 Å². The number of hydrogen-bond acceptors (Lipinski definition) is 4. The molecule has 1 aromatic carbocycles. The summed E-state index contributed by atoms with van der Waals surface area (Å²) >= 11 is 0. The molecule has 8 heteroatoms. The van der Waals surface area contributed by atoms with Crippen LogP contribution in [-0.2, 0) is 27.7 Å². The predicted octanol–water partition coefficient (Wildman–Crippen LogP) is 3.11. The van der Waals surface area contributed by atoms with Gasteiger partial charge in [0, 0.05) is 37.5 Å². The summed E-state index contributed by atoms with van der Waals surface area (Å²) in [5.41, 5.74) is 4.55. The highest BCUT2D eigenvalue weighted by Crippen LogP contribution is 2.39. The first-order chi connectivity index (χ1) is 13.8. The summed E-state index contributed by atoms with van der Waals surface area (Å²) in [5, 5.41) is 0. The Balaban J connectivity index is 1.78. The molecule has 0 spiro atoms. The minimum Gasteiger partial charge on any atom is -0.313 e. The van der Waals surface area contributed by atoms with Crippen molar-refractivity contribution in [3.05, 3.63) is 47.0 Å². The fourth-order valence-electron chi connectivity index (χ4n) is 4.30. The Hall–Kier alpha value is -2.32. The number of carbonyl (C=O) groups excluding carboxylic acids is 1. The van der Waals surface area contributed by atoms with Crippen molar-refractivity contribution in [1.82, 2.24) is 9.71 Å². The molecule has 0 bridgehead atoms. The smallest absolute Gasteiger partial charge is 0.227 e. The molecule has 0 saturated heterocycles. The van der Waals surface area contributed by atoms with Crippen LogP contribution in [0.5, 0.6) is 0 Å². The van der Waals surface area contributed by atoms with E-state index in [1.54, 1.807) is 26.4 Å². The van der Waals surface area contributed by atoms with Crippen LogP contribution in [0.2, 0.25) is 0 Å². The third kappa shape index (κ3) is 3.67. The van der Waals surface area contributed by atoms with Gasteiger partial charge in [0.05, 0.1) is 11.4 Å². The maximum absolute atomic E-state index is 14.9. The van der Waals surface area contributed by atoms with Gasteiger partial charge in [-0.2, -0.15) is 0 Å². The standard InChI is InChI=1S/C21H24FN3O3S/c1-3-29(27,28)24-19-6-4-5-15-16(11-23-12-17(15)19)14-9-13-7-8-20(26)25(2)21(13)18(22)10-14/h9-12,19,24H,3-8H2,1-2H3/t19-/m0/s1. The van der Waals surface area contributed by atoms with Crippen LogP contribution in [0.1, 0.15) is 48.9 Å². The second-order valence-electron chi connectivity index (χ2n) is 7.64. The van der Waals surface area contributed by atoms with Crippen LogP contribution in [-0.4, -0.2) is 32.1 Å². The summed E-state index contributed by atoms with van der Waals surface area (Å²) in [6.07, 6.45) is 6.63. The number of aromatic nitrogens is 1. The molecule has 2 aromatic rings. The van der Waals surface area contributed by atoms with E-state index in [1.807, 2.05) is 6.07 Å². The molecule has 1 N–H and O–H groups in total. The molecule has 29 heavy (non-hydrogen) atoms. The lowest BCUT2D eigenvalue weighted by molar-refractivity contribution is -0.118. The molecule has 0 unspecified atom stereocenters. The van der Waals surface area contributed by atoms with Gasteiger partial charge in [-0.1, -0.05) is 0 Å². The average Bonchev–Trinajstić information content (AvgIpc) is 2.70. The third-order valence-corrected chi connectivity index (χ3v) is 7.26. The topological polar surface area (TPSA) is 79.4 Å². The zero-order valence-corrected chi connectivity index (χ0v) is 17.4. The highest BCUT2D eigenvalue weighted by molar-refractivity contribution is 7.89. The van der Waals surface area contributed by atoms with E-state index in [2.05, 4.69) is 9.71 Å². The van der Waals surface area contributed by atoms with Crippen LogP contribution < -0.4 is 9.62 Å². The van der Waals surface area contributed by atoms with Crippen molar-refractivity contribution in [2.24, 2.45) is 0 Å². The van der Waals surface area contributed by atoms with Crippen molar-refractivity contribution >= 4 is 21.6 Å². The molecule has 6 nitrogen and oxygen atoms in total. The molecule has 0 fully saturated rings. The van der Waals surface area contributed by atoms with Crippen molar-refractivity contribution < 1.29 is 17.6 Å². The van der Waals surface area contributed by atoms with E-state index in [1.165, 1.54) is 11.0 Å². The third-order valence-electron chi connectivity index (χ3n) is 5.86. The molecule has 2 aliphatic rings. The highest BCUT2D eigenvalue weighted by Gasteiger charge is 2.28. The molecule has 1 amide bonds. The number of rotatable bonds is 4. The zero-order valence-electron chi connectivity index (χ0n) is 16.5. The van der Waals surface area contributed by atoms with Crippen LogP contribution in [0.4, 0.5) is 10.1 Å². The molecule has 0 radical (unpaired) electrons. The Labute approximate surface area is 170 Å². The van der Waals surface area contributed by atoms with Gasteiger partial charge in [-0.15, -0.1) is 0 Å². The molecule has 154 valence electrons. The number of benzene rings is 1. The van der Waals surface area contributed by atoms with Gasteiger partial charge in [0.15, 0.2) is 0 Å². The summed E-state index contributed by atoms with van der Waals surface area (Å²) in [7, 11) is -1.75. The van der Waals surface area contributed by atoms with E-state index in [0.717, 1.165) is 35.1 Å². The number of hydrogen-bond donors (Lipinski definition) is 1. The number of halogens is 1. The van der Waals surface area contributed by atoms with Crippen LogP contribution in [0.3, 0.4) is 0 Å². The Bertz CT molecular complexity index is 1080. The first-order valence-electron chi connectivity index (χ1n) is 9.87. The van der Waals surface area contributed by atoms with Crippen LogP contribution in [0.15, 0.2) is 24.5 Å². The number of anilines is 1. The predicted molar refractivity (Wildman–Crippen MR) is 110 cm³/mol. The number of nitrogens with zero attached hydrogens (tertiary/aromatic N) is 2. The van der Waals surface area contributed by atoms with E-state index >= 15 is 0 Å². The summed E-state index contributed by atoms with van der Waals surface area (Å²) in [5.74, 6) is -0.493. The number of nitrogens with one attached hydrogen (secondary N) is 1. The second kappa shape index (κ2) is 7.50. The molecule has 1 aromatic heterocycles. The van der Waals surface area contributed by atoms with Gasteiger partial charge < -0.3 is 4.90 Å². The monoisotopic (exact) mass is 417 g/mol. The first-order valence-corrected chi connectivity index (χ1v) is 11.5. The minimum absolute atomic E-state index is 0.0220. The Morgan fingerprint density at radius 2 is 2.03 bits per heavy atom. The van der Waals surface area contributed by atoms with Gasteiger partial charge in [0.1, 0.15) is 5.82 Å². The molecule has 1 atom stereocenters. The largest absolute Gasteiger partial charge is 0.313 e. The lowest BCUT2D eigenvalue weighted by Crippen LogP contribution is -2.32. The Kier molecular flexibility index (Phi) is 5.16. The SMILES string of the molecule is CCS(=O)(=O)N[C@H]1CCCc2c(-c3cc(F)c4c(c3)CCC(=O)N4C)cncc21. The minimum atomic E-state index is -3.34. The Morgan fingerprint density at radius 1 is 1.24 bits per heavy atom. The molecule has 1 aliphatic heterocycles. The van der Waals surface area contributed by atoms with Crippen LogP contribution in [0.25, 0.3) is 11.1 Å². The van der Waals surface area contributed by atoms with Gasteiger partial charge in [0.25, 0.3) is 0 Å². The number of pyridine rings is 1. The van der Waals surface area contributed by atoms with Crippen molar-refractivity contribution in [3.8, 4) is 11.1 Å². The normalized spacial score (nSPS) is 19.1. The summed E-state index contributed by atoms with van der Waals surface area (Å²) in [6.45, 7) is 1.61. The molecule has 4 rings (SSSR count). The van der Waals surface area contributed by atoms with Crippen molar-refractivity contribution in [1.29, 1.82) is 0 Å². The van der Waals surface area contributed by atoms with Gasteiger partial charge in [-0.3, -0.25) is 9.78 Å². The zero-order chi connectivity index (χ0) is 20.8. The fraction of sp³-hybridized carbons (Fsp3) is 0.429. The molecule has 0 saturated carbocycles. The van der Waals surface area contributed by atoms with Crippen molar-refractivity contribution in [2.45, 2.75) is 45.1 Å². The molecular weight excluding hydrogens is 393 g/mol. The van der Waals surface area contributed by atoms with Crippen molar-refractivity contribution in [2.75, 3.05) is 17.7 Å². The van der Waals surface area contributed by atoms with E-state index in [4.69, 9.17) is 0 Å². The van der Waals surface area contributed by atoms with Gasteiger partial charge in [0.2, 0.25) is 15.9 Å². The molecule has 1 aliphatic carbocycles. The van der Waals surface area contributed by atoms with Gasteiger partial charge in [-0.05, 0) is 67.0 Å². The molecule has 2 heterocycles. The number of sulfonamides is 1. The quantitative estimate of drug-likeness (QED) is 0.829. The number of aryl methyl sites for hydroxylation is 1. The maximum Gasteiger partial charge on any atom is 0.227 e. The molecular formula is C21H24FN3O3S. The summed E-state index contributed by atoms with van der Waals surface area (Å²) < 4.78 is 41.8. The fourth-order valence-corrected chi connectivity index (χ4v) is 5.15. The van der Waals surface area contributed by atoms with Crippen LogP contribution in [0, 0.1) is 5.82 Å². The van der Waals surface area contributed by atoms with Gasteiger partial charge in [-0.25, -0.2) is 17.5 Å². The summed E-state index contributed by atoms with van der Waals surface area (Å²) in [4.78, 5) is 17.6. The summed E-state index contributed by atoms with van der Waals surface area (Å²) in [6, 6.07) is 3.06. The van der Waals surface area contributed by atoms with Crippen LogP contribution >= 0.6 is 0 Å². The lowest BCUT2D eigenvalue weighted by Gasteiger charge is -2.29. The first kappa shape index (κ1) is 20.0. The number of amides is 1. The van der Waals surface area contributed by atoms with Crippen molar-refractivity contribution in [3.63, 3.8) is 0 Å². The lowest BCUT2D eigenvalue weighted by atomic mass is 9.84. The van der Waals surface area contributed by atoms with E-state index in [0.29, 0.717) is 30.5 Å². The number of fused-ring (bicyclic) bond motifs is 2.